The van der Waals surface area contributed by atoms with Crippen LogP contribution in [0.4, 0.5) is 0 Å². The molecule has 0 aliphatic carbocycles. The van der Waals surface area contributed by atoms with E-state index in [9.17, 15) is 9.90 Å². The van der Waals surface area contributed by atoms with Gasteiger partial charge in [-0.15, -0.1) is 0 Å². The summed E-state index contributed by atoms with van der Waals surface area (Å²) in [5, 5.41) is 9.91. The van der Waals surface area contributed by atoms with Crippen LogP contribution >= 0.6 is 0 Å². The monoisotopic (exact) mass is 185 g/mol. The summed E-state index contributed by atoms with van der Waals surface area (Å²) in [5.74, 6) is -0.171. The van der Waals surface area contributed by atoms with Crippen LogP contribution in [0.2, 0.25) is 0 Å². The van der Waals surface area contributed by atoms with Crippen LogP contribution in [-0.4, -0.2) is 41.7 Å². The largest absolute Gasteiger partial charge is 0.495 e. The topological polar surface area (TPSA) is 49.8 Å². The van der Waals surface area contributed by atoms with Gasteiger partial charge in [-0.3, -0.25) is 4.79 Å². The summed E-state index contributed by atoms with van der Waals surface area (Å²) in [6, 6.07) is 0. The van der Waals surface area contributed by atoms with E-state index in [1.807, 2.05) is 0 Å². The minimum Gasteiger partial charge on any atom is -0.495 e. The zero-order valence-corrected chi connectivity index (χ0v) is 8.04. The van der Waals surface area contributed by atoms with Crippen LogP contribution in [0.15, 0.2) is 12.3 Å². The Morgan fingerprint density at radius 3 is 2.85 bits per heavy atom. The number of likely N-dealkylation sites (N-methyl/N-ethyl adjacent to an activating group) is 1. The lowest BCUT2D eigenvalue weighted by atomic mass is 10.0. The molecule has 0 bridgehead atoms. The van der Waals surface area contributed by atoms with Gasteiger partial charge in [0.15, 0.2) is 0 Å². The summed E-state index contributed by atoms with van der Waals surface area (Å²) in [7, 11) is 1.65. The first-order valence-electron chi connectivity index (χ1n) is 4.32. The molecule has 0 aromatic carbocycles. The molecule has 0 aromatic rings. The molecule has 4 heteroatoms. The highest BCUT2D eigenvalue weighted by atomic mass is 16.5. The van der Waals surface area contributed by atoms with Gasteiger partial charge >= 0.3 is 0 Å². The molecule has 4 nitrogen and oxygen atoms in total. The Balaban J connectivity index is 2.77. The second-order valence-electron chi connectivity index (χ2n) is 3.19. The van der Waals surface area contributed by atoms with Gasteiger partial charge in [-0.2, -0.15) is 0 Å². The number of carbonyl (C=O) groups excluding carboxylic acids is 1. The van der Waals surface area contributed by atoms with Crippen molar-refractivity contribution in [3.8, 4) is 0 Å². The standard InChI is InChI=1S/C9H15NO3/c1-4-13-7(2)9(12)5-6-10(3)8(9)11/h12H,2,4-6H2,1,3H3. The van der Waals surface area contributed by atoms with Crippen LogP contribution in [0, 0.1) is 0 Å². The number of ether oxygens (including phenoxy) is 1. The van der Waals surface area contributed by atoms with Gasteiger partial charge in [0.2, 0.25) is 5.60 Å². The second kappa shape index (κ2) is 3.38. The molecule has 0 radical (unpaired) electrons. The van der Waals surface area contributed by atoms with Gasteiger partial charge in [-0.05, 0) is 6.92 Å². The molecule has 1 rings (SSSR count). The third kappa shape index (κ3) is 1.54. The predicted octanol–water partition coefficient (Wildman–Crippen LogP) is 0.130. The van der Waals surface area contributed by atoms with Gasteiger partial charge in [0.1, 0.15) is 5.76 Å². The molecule has 1 N–H and O–H groups in total. The van der Waals surface area contributed by atoms with Gasteiger partial charge in [0.05, 0.1) is 6.61 Å². The Bertz CT molecular complexity index is 239. The molecule has 1 saturated heterocycles. The SMILES string of the molecule is C=C(OCC)C1(O)CCN(C)C1=O. The molecular weight excluding hydrogens is 170 g/mol. The molecule has 1 amide bonds. The lowest BCUT2D eigenvalue weighted by molar-refractivity contribution is -0.142. The van der Waals surface area contributed by atoms with Gasteiger partial charge in [0.25, 0.3) is 5.91 Å². The third-order valence-corrected chi connectivity index (χ3v) is 2.29. The van der Waals surface area contributed by atoms with Crippen molar-refractivity contribution < 1.29 is 14.6 Å². The number of hydrogen-bond donors (Lipinski definition) is 1. The Hall–Kier alpha value is -1.03. The molecule has 13 heavy (non-hydrogen) atoms. The minimum absolute atomic E-state index is 0.157. The number of carbonyl (C=O) groups is 1. The summed E-state index contributed by atoms with van der Waals surface area (Å²) >= 11 is 0. The van der Waals surface area contributed by atoms with Crippen LogP contribution in [0.5, 0.6) is 0 Å². The van der Waals surface area contributed by atoms with E-state index >= 15 is 0 Å². The number of nitrogens with zero attached hydrogens (tertiary/aromatic N) is 1. The molecule has 1 heterocycles. The van der Waals surface area contributed by atoms with Crippen LogP contribution in [0.1, 0.15) is 13.3 Å². The fourth-order valence-corrected chi connectivity index (χ4v) is 1.41. The van der Waals surface area contributed by atoms with Crippen LogP contribution < -0.4 is 0 Å². The Labute approximate surface area is 77.8 Å². The predicted molar refractivity (Wildman–Crippen MR) is 48.0 cm³/mol. The zero-order valence-electron chi connectivity index (χ0n) is 8.04. The van der Waals surface area contributed by atoms with E-state index in [0.29, 0.717) is 19.6 Å². The molecule has 1 fully saturated rings. The minimum atomic E-state index is -1.50. The summed E-state index contributed by atoms with van der Waals surface area (Å²) in [5.41, 5.74) is -1.50. The summed E-state index contributed by atoms with van der Waals surface area (Å²) < 4.78 is 5.06. The maximum Gasteiger partial charge on any atom is 0.262 e. The van der Waals surface area contributed by atoms with E-state index in [0.717, 1.165) is 0 Å². The van der Waals surface area contributed by atoms with E-state index in [1.165, 1.54) is 4.90 Å². The quantitative estimate of drug-likeness (QED) is 0.636. The second-order valence-corrected chi connectivity index (χ2v) is 3.19. The molecule has 1 atom stereocenters. The number of aliphatic hydroxyl groups is 1. The van der Waals surface area contributed by atoms with Crippen molar-refractivity contribution in [3.05, 3.63) is 12.3 Å². The first-order chi connectivity index (χ1) is 6.02. The van der Waals surface area contributed by atoms with E-state index < -0.39 is 5.60 Å². The van der Waals surface area contributed by atoms with Crippen molar-refractivity contribution in [3.63, 3.8) is 0 Å². The number of likely N-dealkylation sites (tertiary alicyclic amines) is 1. The highest BCUT2D eigenvalue weighted by Gasteiger charge is 2.47. The number of hydrogen-bond acceptors (Lipinski definition) is 3. The van der Waals surface area contributed by atoms with Crippen molar-refractivity contribution in [2.45, 2.75) is 18.9 Å². The Morgan fingerprint density at radius 1 is 1.85 bits per heavy atom. The van der Waals surface area contributed by atoms with Gasteiger partial charge in [0, 0.05) is 20.0 Å². The van der Waals surface area contributed by atoms with Crippen molar-refractivity contribution in [2.24, 2.45) is 0 Å². The first-order valence-corrected chi connectivity index (χ1v) is 4.32. The lowest BCUT2D eigenvalue weighted by Crippen LogP contribution is -2.40. The molecule has 1 aliphatic heterocycles. The molecule has 1 aliphatic rings. The van der Waals surface area contributed by atoms with Crippen molar-refractivity contribution in [2.75, 3.05) is 20.2 Å². The maximum atomic E-state index is 11.5. The Morgan fingerprint density at radius 2 is 2.46 bits per heavy atom. The average molecular weight is 185 g/mol. The van der Waals surface area contributed by atoms with Gasteiger partial charge < -0.3 is 14.7 Å². The number of rotatable bonds is 3. The summed E-state index contributed by atoms with van der Waals surface area (Å²) in [4.78, 5) is 13.0. The summed E-state index contributed by atoms with van der Waals surface area (Å²) in [6.45, 7) is 6.31. The molecule has 1 unspecified atom stereocenters. The van der Waals surface area contributed by atoms with E-state index in [-0.39, 0.29) is 11.7 Å². The van der Waals surface area contributed by atoms with Crippen LogP contribution in [-0.2, 0) is 9.53 Å². The highest BCUT2D eigenvalue weighted by molar-refractivity contribution is 5.89. The van der Waals surface area contributed by atoms with Gasteiger partial charge in [-0.1, -0.05) is 6.58 Å². The lowest BCUT2D eigenvalue weighted by Gasteiger charge is -2.22. The van der Waals surface area contributed by atoms with E-state index in [1.54, 1.807) is 14.0 Å². The number of amides is 1. The molecule has 0 aromatic heterocycles. The fourth-order valence-electron chi connectivity index (χ4n) is 1.41. The zero-order chi connectivity index (χ0) is 10.1. The highest BCUT2D eigenvalue weighted by Crippen LogP contribution is 2.28. The van der Waals surface area contributed by atoms with Crippen LogP contribution in [0.25, 0.3) is 0 Å². The van der Waals surface area contributed by atoms with Crippen molar-refractivity contribution in [1.82, 2.24) is 4.90 Å². The molecule has 0 spiro atoms. The van der Waals surface area contributed by atoms with Gasteiger partial charge in [-0.25, -0.2) is 0 Å². The normalized spacial score (nSPS) is 27.9. The van der Waals surface area contributed by atoms with E-state index in [2.05, 4.69) is 6.58 Å². The van der Waals surface area contributed by atoms with E-state index in [4.69, 9.17) is 4.74 Å². The molecule has 74 valence electrons. The average Bonchev–Trinajstić information content (AvgIpc) is 2.35. The maximum absolute atomic E-state index is 11.5. The van der Waals surface area contributed by atoms with Crippen LogP contribution in [0.3, 0.4) is 0 Å². The molecular formula is C9H15NO3. The van der Waals surface area contributed by atoms with Crippen molar-refractivity contribution in [1.29, 1.82) is 0 Å². The molecule has 0 saturated carbocycles. The fraction of sp³-hybridized carbons (Fsp3) is 0.667. The first kappa shape index (κ1) is 10.1. The third-order valence-electron chi connectivity index (χ3n) is 2.29. The van der Waals surface area contributed by atoms with Crippen molar-refractivity contribution >= 4 is 5.91 Å². The Kier molecular flexibility index (Phi) is 2.61. The summed E-state index contributed by atoms with van der Waals surface area (Å²) in [6.07, 6.45) is 0.362. The smallest absolute Gasteiger partial charge is 0.262 e.